The van der Waals surface area contributed by atoms with Crippen molar-refractivity contribution in [1.82, 2.24) is 14.9 Å². The number of hydrogen-bond acceptors (Lipinski definition) is 3. The standard InChI is InChI=1S/C15H23N3/c1-12-7-9-16-15(17-12)13-8-10-18(11-13)14-5-3-2-4-6-14/h7,9,13-14H,2-6,8,10-11H2,1H3. The van der Waals surface area contributed by atoms with Gasteiger partial charge in [-0.2, -0.15) is 0 Å². The molecule has 0 radical (unpaired) electrons. The summed E-state index contributed by atoms with van der Waals surface area (Å²) in [6.45, 7) is 4.47. The van der Waals surface area contributed by atoms with Crippen molar-refractivity contribution in [1.29, 1.82) is 0 Å². The smallest absolute Gasteiger partial charge is 0.132 e. The summed E-state index contributed by atoms with van der Waals surface area (Å²) in [6.07, 6.45) is 10.2. The van der Waals surface area contributed by atoms with E-state index in [1.54, 1.807) is 0 Å². The maximum atomic E-state index is 4.60. The zero-order valence-corrected chi connectivity index (χ0v) is 11.3. The number of hydrogen-bond donors (Lipinski definition) is 0. The molecule has 1 aliphatic carbocycles. The first-order valence-electron chi connectivity index (χ1n) is 7.36. The van der Waals surface area contributed by atoms with Crippen LogP contribution in [0, 0.1) is 6.92 Å². The van der Waals surface area contributed by atoms with Gasteiger partial charge in [0.2, 0.25) is 0 Å². The first kappa shape index (κ1) is 12.1. The van der Waals surface area contributed by atoms with Crippen molar-refractivity contribution < 1.29 is 0 Å². The van der Waals surface area contributed by atoms with Gasteiger partial charge in [0, 0.05) is 30.4 Å². The normalized spacial score (nSPS) is 26.6. The molecule has 0 aromatic carbocycles. The summed E-state index contributed by atoms with van der Waals surface area (Å²) < 4.78 is 0. The zero-order valence-electron chi connectivity index (χ0n) is 11.3. The Kier molecular flexibility index (Phi) is 3.59. The maximum Gasteiger partial charge on any atom is 0.132 e. The monoisotopic (exact) mass is 245 g/mol. The van der Waals surface area contributed by atoms with Crippen LogP contribution in [0.4, 0.5) is 0 Å². The van der Waals surface area contributed by atoms with E-state index >= 15 is 0 Å². The predicted octanol–water partition coefficient (Wildman–Crippen LogP) is 2.91. The summed E-state index contributed by atoms with van der Waals surface area (Å²) in [5, 5.41) is 0. The highest BCUT2D eigenvalue weighted by Crippen LogP contribution is 2.31. The SMILES string of the molecule is Cc1ccnc(C2CCN(C3CCCCC3)C2)n1. The Hall–Kier alpha value is -0.960. The summed E-state index contributed by atoms with van der Waals surface area (Å²) in [5.74, 6) is 1.63. The molecule has 2 heterocycles. The van der Waals surface area contributed by atoms with E-state index in [9.17, 15) is 0 Å². The lowest BCUT2D eigenvalue weighted by molar-refractivity contribution is 0.189. The van der Waals surface area contributed by atoms with Gasteiger partial charge >= 0.3 is 0 Å². The summed E-state index contributed by atoms with van der Waals surface area (Å²) in [7, 11) is 0. The Labute approximate surface area is 110 Å². The fraction of sp³-hybridized carbons (Fsp3) is 0.733. The average Bonchev–Trinajstić information content (AvgIpc) is 2.89. The van der Waals surface area contributed by atoms with Gasteiger partial charge in [-0.15, -0.1) is 0 Å². The predicted molar refractivity (Wildman–Crippen MR) is 72.6 cm³/mol. The molecule has 0 bridgehead atoms. The first-order valence-corrected chi connectivity index (χ1v) is 7.36. The van der Waals surface area contributed by atoms with Crippen LogP contribution < -0.4 is 0 Å². The largest absolute Gasteiger partial charge is 0.300 e. The molecular formula is C15H23N3. The third kappa shape index (κ3) is 2.56. The van der Waals surface area contributed by atoms with E-state index in [-0.39, 0.29) is 0 Å². The minimum Gasteiger partial charge on any atom is -0.300 e. The van der Waals surface area contributed by atoms with Gasteiger partial charge in [-0.1, -0.05) is 19.3 Å². The summed E-state index contributed by atoms with van der Waals surface area (Å²) in [5.41, 5.74) is 1.09. The van der Waals surface area contributed by atoms with Crippen LogP contribution in [0.15, 0.2) is 12.3 Å². The molecule has 1 aromatic heterocycles. The van der Waals surface area contributed by atoms with Crippen molar-refractivity contribution >= 4 is 0 Å². The van der Waals surface area contributed by atoms with Gasteiger partial charge in [0.05, 0.1) is 0 Å². The Balaban J connectivity index is 1.64. The minimum absolute atomic E-state index is 0.562. The first-order chi connectivity index (χ1) is 8.83. The van der Waals surface area contributed by atoms with Crippen LogP contribution in [0.5, 0.6) is 0 Å². The molecule has 3 nitrogen and oxygen atoms in total. The van der Waals surface area contributed by atoms with Crippen molar-refractivity contribution in [2.24, 2.45) is 0 Å². The van der Waals surface area contributed by atoms with Crippen LogP contribution in [0.2, 0.25) is 0 Å². The van der Waals surface area contributed by atoms with Gasteiger partial charge < -0.3 is 0 Å². The average molecular weight is 245 g/mol. The topological polar surface area (TPSA) is 29.0 Å². The van der Waals surface area contributed by atoms with Crippen molar-refractivity contribution in [3.8, 4) is 0 Å². The van der Waals surface area contributed by atoms with E-state index in [0.29, 0.717) is 5.92 Å². The second-order valence-corrected chi connectivity index (χ2v) is 5.83. The van der Waals surface area contributed by atoms with Gasteiger partial charge in [-0.3, -0.25) is 4.90 Å². The zero-order chi connectivity index (χ0) is 12.4. The summed E-state index contributed by atoms with van der Waals surface area (Å²) in [6, 6.07) is 2.82. The second-order valence-electron chi connectivity index (χ2n) is 5.83. The molecule has 1 aromatic rings. The van der Waals surface area contributed by atoms with Gasteiger partial charge in [0.25, 0.3) is 0 Å². The Morgan fingerprint density at radius 3 is 2.78 bits per heavy atom. The highest BCUT2D eigenvalue weighted by molar-refractivity contribution is 5.06. The molecule has 1 saturated carbocycles. The summed E-state index contributed by atoms with van der Waals surface area (Å²) >= 11 is 0. The lowest BCUT2D eigenvalue weighted by atomic mass is 9.94. The quantitative estimate of drug-likeness (QED) is 0.802. The molecule has 3 heteroatoms. The molecular weight excluding hydrogens is 222 g/mol. The fourth-order valence-electron chi connectivity index (χ4n) is 3.44. The molecule has 0 N–H and O–H groups in total. The lowest BCUT2D eigenvalue weighted by Gasteiger charge is -2.30. The van der Waals surface area contributed by atoms with Crippen molar-refractivity contribution in [2.45, 2.75) is 57.4 Å². The van der Waals surface area contributed by atoms with E-state index in [2.05, 4.69) is 21.8 Å². The van der Waals surface area contributed by atoms with Gasteiger partial charge in [-0.25, -0.2) is 9.97 Å². The van der Waals surface area contributed by atoms with Gasteiger partial charge in [0.15, 0.2) is 0 Å². The molecule has 1 atom stereocenters. The van der Waals surface area contributed by atoms with Crippen molar-refractivity contribution in [2.75, 3.05) is 13.1 Å². The van der Waals surface area contributed by atoms with E-state index in [1.165, 1.54) is 51.6 Å². The van der Waals surface area contributed by atoms with Gasteiger partial charge in [-0.05, 0) is 38.8 Å². The van der Waals surface area contributed by atoms with E-state index < -0.39 is 0 Å². The Morgan fingerprint density at radius 1 is 1.17 bits per heavy atom. The molecule has 3 rings (SSSR count). The van der Waals surface area contributed by atoms with Crippen LogP contribution in [0.25, 0.3) is 0 Å². The number of rotatable bonds is 2. The molecule has 18 heavy (non-hydrogen) atoms. The second kappa shape index (κ2) is 5.35. The van der Waals surface area contributed by atoms with E-state index in [1.807, 2.05) is 12.3 Å². The number of likely N-dealkylation sites (tertiary alicyclic amines) is 1. The fourth-order valence-corrected chi connectivity index (χ4v) is 3.44. The molecule has 0 amide bonds. The van der Waals surface area contributed by atoms with Crippen LogP contribution in [0.3, 0.4) is 0 Å². The van der Waals surface area contributed by atoms with Gasteiger partial charge in [0.1, 0.15) is 5.82 Å². The van der Waals surface area contributed by atoms with Crippen molar-refractivity contribution in [3.63, 3.8) is 0 Å². The number of aryl methyl sites for hydroxylation is 1. The Bertz CT molecular complexity index is 398. The highest BCUT2D eigenvalue weighted by atomic mass is 15.2. The lowest BCUT2D eigenvalue weighted by Crippen LogP contribution is -2.34. The third-order valence-corrected chi connectivity index (χ3v) is 4.49. The van der Waals surface area contributed by atoms with Crippen LogP contribution >= 0.6 is 0 Å². The molecule has 2 aliphatic rings. The highest BCUT2D eigenvalue weighted by Gasteiger charge is 2.31. The minimum atomic E-state index is 0.562. The number of nitrogens with zero attached hydrogens (tertiary/aromatic N) is 3. The molecule has 1 aliphatic heterocycles. The summed E-state index contributed by atoms with van der Waals surface area (Å²) in [4.78, 5) is 11.8. The molecule has 1 saturated heterocycles. The van der Waals surface area contributed by atoms with E-state index in [0.717, 1.165) is 17.6 Å². The molecule has 98 valence electrons. The third-order valence-electron chi connectivity index (χ3n) is 4.49. The van der Waals surface area contributed by atoms with E-state index in [4.69, 9.17) is 0 Å². The molecule has 1 unspecified atom stereocenters. The maximum absolute atomic E-state index is 4.60. The Morgan fingerprint density at radius 2 is 2.00 bits per heavy atom. The van der Waals surface area contributed by atoms with Crippen molar-refractivity contribution in [3.05, 3.63) is 23.8 Å². The molecule has 2 fully saturated rings. The van der Waals surface area contributed by atoms with Crippen LogP contribution in [0.1, 0.15) is 56.0 Å². The number of aromatic nitrogens is 2. The van der Waals surface area contributed by atoms with Crippen LogP contribution in [-0.4, -0.2) is 34.0 Å². The van der Waals surface area contributed by atoms with Crippen LogP contribution in [-0.2, 0) is 0 Å². The molecule has 0 spiro atoms.